The van der Waals surface area contributed by atoms with E-state index in [9.17, 15) is 9.59 Å². The van der Waals surface area contributed by atoms with Crippen LogP contribution in [0.1, 0.15) is 49.4 Å². The number of esters is 1. The van der Waals surface area contributed by atoms with Crippen LogP contribution < -0.4 is 5.32 Å². The maximum atomic E-state index is 12.2. The summed E-state index contributed by atoms with van der Waals surface area (Å²) in [6, 6.07) is 6.95. The van der Waals surface area contributed by atoms with Gasteiger partial charge >= 0.3 is 5.97 Å². The number of nitrogens with one attached hydrogen (secondary N) is 1. The molecular weight excluding hydrogens is 278 g/mol. The van der Waals surface area contributed by atoms with Crippen molar-refractivity contribution in [1.29, 1.82) is 0 Å². The summed E-state index contributed by atoms with van der Waals surface area (Å²) in [4.78, 5) is 23.9. The first-order valence-corrected chi connectivity index (χ1v) is 8.22. The molecule has 0 saturated heterocycles. The summed E-state index contributed by atoms with van der Waals surface area (Å²) in [5, 5.41) is 2.92. The highest BCUT2D eigenvalue weighted by Gasteiger charge is 2.40. The Morgan fingerprint density at radius 2 is 2.14 bits per heavy atom. The second-order valence-corrected chi connectivity index (χ2v) is 6.49. The summed E-state index contributed by atoms with van der Waals surface area (Å²) < 4.78 is 4.98. The topological polar surface area (TPSA) is 55.4 Å². The van der Waals surface area contributed by atoms with Gasteiger partial charge in [0.1, 0.15) is 0 Å². The van der Waals surface area contributed by atoms with E-state index in [0.29, 0.717) is 30.2 Å². The molecule has 4 nitrogen and oxygen atoms in total. The summed E-state index contributed by atoms with van der Waals surface area (Å²) in [5.41, 5.74) is 1.14. The lowest BCUT2D eigenvalue weighted by molar-refractivity contribution is -0.117. The maximum Gasteiger partial charge on any atom is 0.338 e. The number of hydrogen-bond acceptors (Lipinski definition) is 3. The number of anilines is 1. The van der Waals surface area contributed by atoms with E-state index in [2.05, 4.69) is 5.32 Å². The number of rotatable bonds is 5. The van der Waals surface area contributed by atoms with Crippen molar-refractivity contribution in [2.75, 3.05) is 11.9 Å². The zero-order chi connectivity index (χ0) is 15.5. The van der Waals surface area contributed by atoms with Gasteiger partial charge in [-0.15, -0.1) is 0 Å². The molecule has 3 atom stereocenters. The molecule has 1 amide bonds. The first-order valence-electron chi connectivity index (χ1n) is 8.22. The average molecular weight is 301 g/mol. The van der Waals surface area contributed by atoms with Gasteiger partial charge in [0.2, 0.25) is 5.91 Å². The van der Waals surface area contributed by atoms with E-state index < -0.39 is 0 Å². The molecule has 0 aromatic heterocycles. The van der Waals surface area contributed by atoms with E-state index in [-0.39, 0.29) is 11.9 Å². The smallest absolute Gasteiger partial charge is 0.338 e. The Balaban J connectivity index is 1.57. The minimum Gasteiger partial charge on any atom is -0.462 e. The fourth-order valence-corrected chi connectivity index (χ4v) is 4.01. The first-order chi connectivity index (χ1) is 10.7. The van der Waals surface area contributed by atoms with Gasteiger partial charge in [-0.1, -0.05) is 12.5 Å². The summed E-state index contributed by atoms with van der Waals surface area (Å²) in [6.45, 7) is 2.12. The van der Waals surface area contributed by atoms with Crippen molar-refractivity contribution in [3.05, 3.63) is 29.8 Å². The second-order valence-electron chi connectivity index (χ2n) is 6.49. The summed E-state index contributed by atoms with van der Waals surface area (Å²) in [7, 11) is 0. The van der Waals surface area contributed by atoms with Gasteiger partial charge in [0, 0.05) is 12.1 Å². The number of amides is 1. The Labute approximate surface area is 131 Å². The van der Waals surface area contributed by atoms with Crippen molar-refractivity contribution in [3.63, 3.8) is 0 Å². The fourth-order valence-electron chi connectivity index (χ4n) is 4.01. The minimum atomic E-state index is -0.355. The number of ether oxygens (including phenoxy) is 1. The first kappa shape index (κ1) is 15.1. The van der Waals surface area contributed by atoms with Crippen LogP contribution in [0.15, 0.2) is 24.3 Å². The van der Waals surface area contributed by atoms with Crippen LogP contribution in [0.5, 0.6) is 0 Å². The third-order valence-electron chi connectivity index (χ3n) is 4.99. The number of carbonyl (C=O) groups is 2. The molecule has 118 valence electrons. The van der Waals surface area contributed by atoms with Crippen LogP contribution in [0.4, 0.5) is 5.69 Å². The fraction of sp³-hybridized carbons (Fsp3) is 0.556. The maximum absolute atomic E-state index is 12.2. The Bertz CT molecular complexity index is 569. The molecule has 0 heterocycles. The van der Waals surface area contributed by atoms with Gasteiger partial charge in [0.15, 0.2) is 0 Å². The molecule has 2 fully saturated rings. The van der Waals surface area contributed by atoms with E-state index in [0.717, 1.165) is 11.8 Å². The predicted molar refractivity (Wildman–Crippen MR) is 84.6 cm³/mol. The molecule has 2 aliphatic carbocycles. The van der Waals surface area contributed by atoms with Gasteiger partial charge in [-0.25, -0.2) is 4.79 Å². The molecule has 1 aromatic carbocycles. The second kappa shape index (κ2) is 6.51. The standard InChI is InChI=1S/C18H23NO3/c1-2-22-18(21)14-4-3-5-16(10-14)19-17(20)11-15-9-12-6-7-13(15)8-12/h3-5,10,12-13,15H,2,6-9,11H2,1H3,(H,19,20)/t12-,13+,15+/m0/s1. The highest BCUT2D eigenvalue weighted by atomic mass is 16.5. The van der Waals surface area contributed by atoms with E-state index in [1.54, 1.807) is 31.2 Å². The highest BCUT2D eigenvalue weighted by Crippen LogP contribution is 2.49. The van der Waals surface area contributed by atoms with Crippen molar-refractivity contribution in [2.24, 2.45) is 17.8 Å². The highest BCUT2D eigenvalue weighted by molar-refractivity contribution is 5.94. The van der Waals surface area contributed by atoms with Crippen LogP contribution in [0.3, 0.4) is 0 Å². The number of fused-ring (bicyclic) bond motifs is 2. The minimum absolute atomic E-state index is 0.0542. The van der Waals surface area contributed by atoms with Gasteiger partial charge in [0.25, 0.3) is 0 Å². The predicted octanol–water partition coefficient (Wildman–Crippen LogP) is 3.63. The molecule has 0 aliphatic heterocycles. The van der Waals surface area contributed by atoms with Crippen molar-refractivity contribution in [1.82, 2.24) is 0 Å². The molecule has 2 saturated carbocycles. The van der Waals surface area contributed by atoms with Gasteiger partial charge in [-0.3, -0.25) is 4.79 Å². The molecule has 1 N–H and O–H groups in total. The van der Waals surface area contributed by atoms with E-state index in [4.69, 9.17) is 4.74 Å². The molecule has 3 rings (SSSR count). The molecule has 22 heavy (non-hydrogen) atoms. The number of hydrogen-bond donors (Lipinski definition) is 1. The van der Waals surface area contributed by atoms with Gasteiger partial charge < -0.3 is 10.1 Å². The zero-order valence-corrected chi connectivity index (χ0v) is 13.0. The number of benzene rings is 1. The lowest BCUT2D eigenvalue weighted by atomic mass is 9.86. The van der Waals surface area contributed by atoms with Gasteiger partial charge in [-0.05, 0) is 62.1 Å². The Hall–Kier alpha value is -1.84. The van der Waals surface area contributed by atoms with Crippen LogP contribution in [0.25, 0.3) is 0 Å². The quantitative estimate of drug-likeness (QED) is 0.845. The molecule has 4 heteroatoms. The van der Waals surface area contributed by atoms with Crippen LogP contribution in [-0.2, 0) is 9.53 Å². The molecule has 0 radical (unpaired) electrons. The molecule has 0 unspecified atom stereocenters. The van der Waals surface area contributed by atoms with Crippen LogP contribution in [-0.4, -0.2) is 18.5 Å². The zero-order valence-electron chi connectivity index (χ0n) is 13.0. The largest absolute Gasteiger partial charge is 0.462 e. The summed E-state index contributed by atoms with van der Waals surface area (Å²) in [5.74, 6) is 1.86. The van der Waals surface area contributed by atoms with E-state index in [1.165, 1.54) is 25.7 Å². The van der Waals surface area contributed by atoms with E-state index in [1.807, 2.05) is 0 Å². The molecule has 0 spiro atoms. The van der Waals surface area contributed by atoms with Crippen molar-refractivity contribution in [3.8, 4) is 0 Å². The lowest BCUT2D eigenvalue weighted by Gasteiger charge is -2.20. The SMILES string of the molecule is CCOC(=O)c1cccc(NC(=O)C[C@H]2C[C@H]3CC[C@@H]2C3)c1. The Morgan fingerprint density at radius 3 is 2.82 bits per heavy atom. The van der Waals surface area contributed by atoms with Crippen molar-refractivity contribution >= 4 is 17.6 Å². The normalized spacial score (nSPS) is 26.0. The summed E-state index contributed by atoms with van der Waals surface area (Å²) >= 11 is 0. The average Bonchev–Trinajstić information content (AvgIpc) is 3.10. The monoisotopic (exact) mass is 301 g/mol. The summed E-state index contributed by atoms with van der Waals surface area (Å²) in [6.07, 6.45) is 5.77. The lowest BCUT2D eigenvalue weighted by Crippen LogP contribution is -2.20. The van der Waals surface area contributed by atoms with Crippen LogP contribution in [0.2, 0.25) is 0 Å². The van der Waals surface area contributed by atoms with Gasteiger partial charge in [-0.2, -0.15) is 0 Å². The Kier molecular flexibility index (Phi) is 4.46. The van der Waals surface area contributed by atoms with Crippen molar-refractivity contribution < 1.29 is 14.3 Å². The van der Waals surface area contributed by atoms with Crippen molar-refractivity contribution in [2.45, 2.75) is 39.0 Å². The van der Waals surface area contributed by atoms with Crippen LogP contribution in [0, 0.1) is 17.8 Å². The molecular formula is C18H23NO3. The van der Waals surface area contributed by atoms with Gasteiger partial charge in [0.05, 0.1) is 12.2 Å². The molecule has 2 bridgehead atoms. The Morgan fingerprint density at radius 1 is 1.27 bits per heavy atom. The third kappa shape index (κ3) is 3.32. The molecule has 2 aliphatic rings. The molecule has 1 aromatic rings. The third-order valence-corrected chi connectivity index (χ3v) is 4.99. The van der Waals surface area contributed by atoms with Crippen LogP contribution >= 0.6 is 0 Å². The van der Waals surface area contributed by atoms with E-state index >= 15 is 0 Å². The number of carbonyl (C=O) groups excluding carboxylic acids is 2.